The Morgan fingerprint density at radius 1 is 1.35 bits per heavy atom. The van der Waals surface area contributed by atoms with Crippen molar-refractivity contribution < 1.29 is 10.3 Å². The number of aliphatic hydroxyl groups excluding tert-OH is 1. The van der Waals surface area contributed by atoms with Crippen LogP contribution in [0, 0.1) is 19.8 Å². The molecule has 7 nitrogen and oxygen atoms in total. The number of rotatable bonds is 3. The van der Waals surface area contributed by atoms with Crippen molar-refractivity contribution in [1.82, 2.24) is 10.2 Å². The van der Waals surface area contributed by atoms with E-state index in [0.29, 0.717) is 17.3 Å². The highest BCUT2D eigenvalue weighted by molar-refractivity contribution is 6.02. The lowest BCUT2D eigenvalue weighted by molar-refractivity contribution is 0.202. The van der Waals surface area contributed by atoms with Crippen LogP contribution >= 0.6 is 0 Å². The van der Waals surface area contributed by atoms with Crippen LogP contribution in [0.15, 0.2) is 5.16 Å². The molecule has 0 aliphatic carbocycles. The van der Waals surface area contributed by atoms with Crippen molar-refractivity contribution in [2.75, 3.05) is 24.6 Å². The largest absolute Gasteiger partial charge is 0.409 e. The molecule has 0 atom stereocenters. The van der Waals surface area contributed by atoms with Crippen molar-refractivity contribution in [2.45, 2.75) is 26.7 Å². The highest BCUT2D eigenvalue weighted by Gasteiger charge is 2.24. The third kappa shape index (κ3) is 2.67. The Kier molecular flexibility index (Phi) is 4.39. The fourth-order valence-electron chi connectivity index (χ4n) is 2.50. The molecule has 2 rings (SSSR count). The molecule has 0 unspecified atom stereocenters. The molecule has 0 amide bonds. The van der Waals surface area contributed by atoms with Crippen molar-refractivity contribution >= 4 is 11.7 Å². The molecule has 1 aromatic heterocycles. The number of anilines is 1. The van der Waals surface area contributed by atoms with Gasteiger partial charge in [-0.05, 0) is 38.2 Å². The minimum absolute atomic E-state index is 0.0554. The zero-order valence-corrected chi connectivity index (χ0v) is 11.9. The van der Waals surface area contributed by atoms with E-state index in [1.54, 1.807) is 0 Å². The van der Waals surface area contributed by atoms with E-state index in [9.17, 15) is 5.11 Å². The number of amidine groups is 1. The second-order valence-electron chi connectivity index (χ2n) is 5.21. The third-order valence-corrected chi connectivity index (χ3v) is 3.97. The first-order valence-electron chi connectivity index (χ1n) is 6.76. The van der Waals surface area contributed by atoms with Gasteiger partial charge in [-0.2, -0.15) is 5.10 Å². The second-order valence-corrected chi connectivity index (χ2v) is 5.21. The summed E-state index contributed by atoms with van der Waals surface area (Å²) in [6, 6.07) is 0. The predicted molar refractivity (Wildman–Crippen MR) is 76.0 cm³/mol. The maximum atomic E-state index is 9.19. The molecule has 1 aromatic rings. The molecule has 1 aliphatic rings. The molecule has 7 heteroatoms. The van der Waals surface area contributed by atoms with Gasteiger partial charge < -0.3 is 20.9 Å². The van der Waals surface area contributed by atoms with Gasteiger partial charge in [-0.1, -0.05) is 5.16 Å². The number of nitrogens with two attached hydrogens (primary N) is 1. The molecule has 2 heterocycles. The molecule has 0 spiro atoms. The maximum Gasteiger partial charge on any atom is 0.174 e. The molecule has 0 aromatic carbocycles. The Bertz CT molecular complexity index is 510. The average molecular weight is 279 g/mol. The number of oxime groups is 1. The number of aliphatic hydroxyl groups is 1. The smallest absolute Gasteiger partial charge is 0.174 e. The maximum absolute atomic E-state index is 9.19. The highest BCUT2D eigenvalue weighted by Crippen LogP contribution is 2.26. The summed E-state index contributed by atoms with van der Waals surface area (Å²) >= 11 is 0. The van der Waals surface area contributed by atoms with Crippen LogP contribution in [0.3, 0.4) is 0 Å². The topological polar surface area (TPSA) is 108 Å². The lowest BCUT2D eigenvalue weighted by atomic mass is 9.97. The van der Waals surface area contributed by atoms with Gasteiger partial charge in [-0.3, -0.25) is 0 Å². The monoisotopic (exact) mass is 279 g/mol. The quantitative estimate of drug-likeness (QED) is 0.320. The van der Waals surface area contributed by atoms with Crippen LogP contribution < -0.4 is 10.6 Å². The lowest BCUT2D eigenvalue weighted by Gasteiger charge is -2.33. The van der Waals surface area contributed by atoms with Crippen molar-refractivity contribution in [3.63, 3.8) is 0 Å². The van der Waals surface area contributed by atoms with Crippen molar-refractivity contribution in [1.29, 1.82) is 0 Å². The van der Waals surface area contributed by atoms with Gasteiger partial charge in [0, 0.05) is 19.7 Å². The molecule has 0 saturated carbocycles. The number of aryl methyl sites for hydroxylation is 1. The van der Waals surface area contributed by atoms with E-state index in [1.165, 1.54) is 0 Å². The summed E-state index contributed by atoms with van der Waals surface area (Å²) in [5.41, 5.74) is 8.07. The molecule has 4 N–H and O–H groups in total. The molecule has 20 heavy (non-hydrogen) atoms. The predicted octanol–water partition coefficient (Wildman–Crippen LogP) is 0.397. The lowest BCUT2D eigenvalue weighted by Crippen LogP contribution is -2.37. The summed E-state index contributed by atoms with van der Waals surface area (Å²) in [6.45, 7) is 5.53. The minimum atomic E-state index is 0.0554. The molecular formula is C13H21N5O2. The van der Waals surface area contributed by atoms with Gasteiger partial charge in [-0.15, -0.1) is 5.10 Å². The van der Waals surface area contributed by atoms with Crippen LogP contribution in [-0.2, 0) is 0 Å². The molecule has 1 saturated heterocycles. The average Bonchev–Trinajstić information content (AvgIpc) is 2.49. The van der Waals surface area contributed by atoms with E-state index in [0.717, 1.165) is 37.2 Å². The summed E-state index contributed by atoms with van der Waals surface area (Å²) in [7, 11) is 0. The van der Waals surface area contributed by atoms with Crippen LogP contribution in [0.5, 0.6) is 0 Å². The van der Waals surface area contributed by atoms with Gasteiger partial charge >= 0.3 is 0 Å². The van der Waals surface area contributed by atoms with Gasteiger partial charge in [0.25, 0.3) is 0 Å². The molecule has 110 valence electrons. The molecule has 1 aliphatic heterocycles. The van der Waals surface area contributed by atoms with Gasteiger partial charge in [0.05, 0.1) is 11.3 Å². The Morgan fingerprint density at radius 3 is 2.55 bits per heavy atom. The minimum Gasteiger partial charge on any atom is -0.409 e. The molecule has 0 radical (unpaired) electrons. The summed E-state index contributed by atoms with van der Waals surface area (Å²) in [5.74, 6) is 1.05. The highest BCUT2D eigenvalue weighted by atomic mass is 16.4. The summed E-state index contributed by atoms with van der Waals surface area (Å²) < 4.78 is 0. The Morgan fingerprint density at radius 2 is 2.00 bits per heavy atom. The fraction of sp³-hybridized carbons (Fsp3) is 0.615. The Balaban J connectivity index is 2.35. The zero-order chi connectivity index (χ0) is 14.7. The standard InChI is InChI=1S/C13H21N5O2/c1-8-9(2)15-16-13(11(8)12(14)17-20)18-5-3-10(7-19)4-6-18/h10,19-20H,3-7H2,1-2H3,(H2,14,17). The van der Waals surface area contributed by atoms with Gasteiger partial charge in [0.2, 0.25) is 0 Å². The first kappa shape index (κ1) is 14.5. The number of aromatic nitrogens is 2. The Hall–Kier alpha value is -1.89. The van der Waals surface area contributed by atoms with Crippen LogP contribution in [0.2, 0.25) is 0 Å². The van der Waals surface area contributed by atoms with E-state index in [1.807, 2.05) is 13.8 Å². The van der Waals surface area contributed by atoms with Crippen LogP contribution in [0.25, 0.3) is 0 Å². The van der Waals surface area contributed by atoms with E-state index in [-0.39, 0.29) is 12.4 Å². The first-order chi connectivity index (χ1) is 9.58. The first-order valence-corrected chi connectivity index (χ1v) is 6.76. The van der Waals surface area contributed by atoms with Crippen molar-refractivity contribution in [2.24, 2.45) is 16.8 Å². The number of piperidine rings is 1. The van der Waals surface area contributed by atoms with E-state index >= 15 is 0 Å². The number of nitrogens with zero attached hydrogens (tertiary/aromatic N) is 4. The van der Waals surface area contributed by atoms with E-state index < -0.39 is 0 Å². The SMILES string of the molecule is Cc1nnc(N2CCC(CO)CC2)c(/C(N)=N/O)c1C. The van der Waals surface area contributed by atoms with E-state index in [4.69, 9.17) is 10.9 Å². The van der Waals surface area contributed by atoms with Crippen LogP contribution in [-0.4, -0.2) is 46.0 Å². The third-order valence-electron chi connectivity index (χ3n) is 3.97. The summed E-state index contributed by atoms with van der Waals surface area (Å²) in [6.07, 6.45) is 1.81. The van der Waals surface area contributed by atoms with Gasteiger partial charge in [0.15, 0.2) is 11.7 Å². The van der Waals surface area contributed by atoms with E-state index in [2.05, 4.69) is 20.3 Å². The van der Waals surface area contributed by atoms with Gasteiger partial charge in [0.1, 0.15) is 0 Å². The van der Waals surface area contributed by atoms with Crippen LogP contribution in [0.1, 0.15) is 29.7 Å². The van der Waals surface area contributed by atoms with Crippen molar-refractivity contribution in [3.05, 3.63) is 16.8 Å². The van der Waals surface area contributed by atoms with Gasteiger partial charge in [-0.25, -0.2) is 0 Å². The summed E-state index contributed by atoms with van der Waals surface area (Å²) in [4.78, 5) is 2.08. The fourth-order valence-corrected chi connectivity index (χ4v) is 2.50. The molecule has 1 fully saturated rings. The summed E-state index contributed by atoms with van der Waals surface area (Å²) in [5, 5.41) is 29.6. The zero-order valence-electron chi connectivity index (χ0n) is 11.9. The second kappa shape index (κ2) is 6.04. The number of hydrogen-bond acceptors (Lipinski definition) is 6. The van der Waals surface area contributed by atoms with Crippen LogP contribution in [0.4, 0.5) is 5.82 Å². The van der Waals surface area contributed by atoms with Crippen molar-refractivity contribution in [3.8, 4) is 0 Å². The number of hydrogen-bond donors (Lipinski definition) is 3. The molecule has 0 bridgehead atoms. The normalized spacial score (nSPS) is 17.6. The molecular weight excluding hydrogens is 258 g/mol. The Labute approximate surface area is 118 Å².